The first-order chi connectivity index (χ1) is 10.4. The molecule has 0 unspecified atom stereocenters. The van der Waals surface area contributed by atoms with E-state index in [1.165, 1.54) is 6.92 Å². The normalized spacial score (nSPS) is 18.1. The molecule has 7 nitrogen and oxygen atoms in total. The Bertz CT molecular complexity index is 808. The van der Waals surface area contributed by atoms with E-state index in [-0.39, 0.29) is 11.9 Å². The van der Waals surface area contributed by atoms with Crippen molar-refractivity contribution in [1.82, 2.24) is 20.6 Å². The molecule has 0 radical (unpaired) electrons. The van der Waals surface area contributed by atoms with E-state index in [0.29, 0.717) is 0 Å². The van der Waals surface area contributed by atoms with Crippen LogP contribution in [0.4, 0.5) is 5.95 Å². The van der Waals surface area contributed by atoms with Gasteiger partial charge in [-0.1, -0.05) is 12.1 Å². The molecular formula is C15H15N5O2. The Morgan fingerprint density at radius 3 is 2.45 bits per heavy atom. The molecule has 2 heterocycles. The molecule has 0 atom stereocenters. The molecular weight excluding hydrogens is 282 g/mol. The maximum absolute atomic E-state index is 11.6. The van der Waals surface area contributed by atoms with Gasteiger partial charge in [0.15, 0.2) is 0 Å². The third-order valence-corrected chi connectivity index (χ3v) is 3.51. The number of aryl methyl sites for hydroxylation is 2. The van der Waals surface area contributed by atoms with Crippen LogP contribution >= 0.6 is 0 Å². The molecule has 0 aliphatic carbocycles. The minimum Gasteiger partial charge on any atom is -0.295 e. The molecule has 1 aromatic carbocycles. The van der Waals surface area contributed by atoms with Crippen molar-refractivity contribution >= 4 is 34.6 Å². The third kappa shape index (κ3) is 2.52. The second kappa shape index (κ2) is 5.18. The second-order valence-electron chi connectivity index (χ2n) is 5.29. The number of guanidine groups is 1. The van der Waals surface area contributed by atoms with Crippen molar-refractivity contribution in [2.75, 3.05) is 0 Å². The van der Waals surface area contributed by atoms with Gasteiger partial charge in [0.1, 0.15) is 5.92 Å². The van der Waals surface area contributed by atoms with Gasteiger partial charge in [-0.15, -0.1) is 0 Å². The number of carbonyl (C=O) groups excluding carboxylic acids is 2. The van der Waals surface area contributed by atoms with Crippen LogP contribution in [0.25, 0.3) is 10.9 Å². The SMILES string of the molecule is Cc1ccc2c(C)nc(N=C3NC(=O)C(C)C(=O)N3)nc2c1. The number of hydrogen-bond donors (Lipinski definition) is 2. The first kappa shape index (κ1) is 14.1. The first-order valence-corrected chi connectivity index (χ1v) is 6.89. The Morgan fingerprint density at radius 1 is 1.09 bits per heavy atom. The second-order valence-corrected chi connectivity index (χ2v) is 5.29. The van der Waals surface area contributed by atoms with Crippen molar-refractivity contribution < 1.29 is 9.59 Å². The predicted octanol–water partition coefficient (Wildman–Crippen LogP) is 1.12. The monoisotopic (exact) mass is 297 g/mol. The smallest absolute Gasteiger partial charge is 0.253 e. The Kier molecular flexibility index (Phi) is 3.32. The molecule has 2 amide bonds. The molecule has 22 heavy (non-hydrogen) atoms. The predicted molar refractivity (Wildman–Crippen MR) is 81.6 cm³/mol. The van der Waals surface area contributed by atoms with E-state index < -0.39 is 17.7 Å². The van der Waals surface area contributed by atoms with Crippen LogP contribution in [-0.2, 0) is 9.59 Å². The van der Waals surface area contributed by atoms with E-state index in [0.717, 1.165) is 22.2 Å². The molecule has 1 aliphatic heterocycles. The molecule has 7 heteroatoms. The Hall–Kier alpha value is -2.83. The van der Waals surface area contributed by atoms with Crippen LogP contribution in [-0.4, -0.2) is 27.7 Å². The van der Waals surface area contributed by atoms with E-state index in [1.54, 1.807) is 0 Å². The fourth-order valence-electron chi connectivity index (χ4n) is 2.19. The van der Waals surface area contributed by atoms with Gasteiger partial charge in [0.05, 0.1) is 11.2 Å². The Labute approximate surface area is 126 Å². The number of nitrogens with one attached hydrogen (secondary N) is 2. The van der Waals surface area contributed by atoms with E-state index in [9.17, 15) is 9.59 Å². The van der Waals surface area contributed by atoms with Gasteiger partial charge in [-0.25, -0.2) is 9.97 Å². The van der Waals surface area contributed by atoms with Crippen LogP contribution in [0.15, 0.2) is 23.2 Å². The highest BCUT2D eigenvalue weighted by molar-refractivity contribution is 6.17. The molecule has 1 saturated heterocycles. The molecule has 1 aromatic heterocycles. The standard InChI is InChI=1S/C15H15N5O2/c1-7-4-5-10-9(3)16-14(17-11(10)6-7)20-15-18-12(21)8(2)13(22)19-15/h4-6,8H,1-3H3,(H2,16,17,18,19,20,21,22). The van der Waals surface area contributed by atoms with Gasteiger partial charge < -0.3 is 0 Å². The summed E-state index contributed by atoms with van der Waals surface area (Å²) in [6.45, 7) is 5.37. The van der Waals surface area contributed by atoms with E-state index in [1.807, 2.05) is 32.0 Å². The summed E-state index contributed by atoms with van der Waals surface area (Å²) in [5.74, 6) is -1.27. The Morgan fingerprint density at radius 2 is 1.77 bits per heavy atom. The minimum absolute atomic E-state index is 0.0551. The largest absolute Gasteiger partial charge is 0.295 e. The third-order valence-electron chi connectivity index (χ3n) is 3.51. The number of amides is 2. The minimum atomic E-state index is -0.735. The van der Waals surface area contributed by atoms with Crippen LogP contribution in [0.1, 0.15) is 18.2 Å². The summed E-state index contributed by atoms with van der Waals surface area (Å²) in [5.41, 5.74) is 2.64. The van der Waals surface area contributed by atoms with Crippen molar-refractivity contribution in [2.24, 2.45) is 10.9 Å². The molecule has 0 bridgehead atoms. The number of fused-ring (bicyclic) bond motifs is 1. The molecule has 1 fully saturated rings. The summed E-state index contributed by atoms with van der Waals surface area (Å²) >= 11 is 0. The van der Waals surface area contributed by atoms with Crippen LogP contribution < -0.4 is 10.6 Å². The first-order valence-electron chi connectivity index (χ1n) is 6.89. The van der Waals surface area contributed by atoms with Crippen LogP contribution in [0.3, 0.4) is 0 Å². The lowest BCUT2D eigenvalue weighted by Gasteiger charge is -2.19. The molecule has 112 valence electrons. The van der Waals surface area contributed by atoms with E-state index >= 15 is 0 Å². The number of carbonyl (C=O) groups is 2. The highest BCUT2D eigenvalue weighted by Crippen LogP contribution is 2.19. The molecule has 2 N–H and O–H groups in total. The van der Waals surface area contributed by atoms with Crippen molar-refractivity contribution in [3.63, 3.8) is 0 Å². The van der Waals surface area contributed by atoms with Gasteiger partial charge in [0.25, 0.3) is 5.95 Å². The van der Waals surface area contributed by atoms with Gasteiger partial charge in [0.2, 0.25) is 17.8 Å². The average molecular weight is 297 g/mol. The summed E-state index contributed by atoms with van der Waals surface area (Å²) < 4.78 is 0. The highest BCUT2D eigenvalue weighted by Gasteiger charge is 2.29. The van der Waals surface area contributed by atoms with Crippen molar-refractivity contribution in [3.05, 3.63) is 29.5 Å². The zero-order valence-corrected chi connectivity index (χ0v) is 12.5. The van der Waals surface area contributed by atoms with Crippen molar-refractivity contribution in [2.45, 2.75) is 20.8 Å². The fourth-order valence-corrected chi connectivity index (χ4v) is 2.19. The Balaban J connectivity index is 2.02. The van der Waals surface area contributed by atoms with Crippen LogP contribution in [0, 0.1) is 19.8 Å². The topological polar surface area (TPSA) is 96.3 Å². The van der Waals surface area contributed by atoms with Crippen LogP contribution in [0.5, 0.6) is 0 Å². The van der Waals surface area contributed by atoms with Crippen molar-refractivity contribution in [1.29, 1.82) is 0 Å². The lowest BCUT2D eigenvalue weighted by Crippen LogP contribution is -2.55. The van der Waals surface area contributed by atoms with Crippen molar-refractivity contribution in [3.8, 4) is 0 Å². The van der Waals surface area contributed by atoms with Gasteiger partial charge in [-0.05, 0) is 32.4 Å². The van der Waals surface area contributed by atoms with Gasteiger partial charge in [-0.3, -0.25) is 20.2 Å². The van der Waals surface area contributed by atoms with E-state index in [4.69, 9.17) is 0 Å². The molecule has 3 rings (SSSR count). The lowest BCUT2D eigenvalue weighted by atomic mass is 10.1. The summed E-state index contributed by atoms with van der Waals surface area (Å²) in [6.07, 6.45) is 0. The molecule has 2 aromatic rings. The van der Waals surface area contributed by atoms with Crippen LogP contribution in [0.2, 0.25) is 0 Å². The number of aliphatic imine (C=N–C) groups is 1. The number of benzene rings is 1. The summed E-state index contributed by atoms with van der Waals surface area (Å²) in [4.78, 5) is 36.0. The summed E-state index contributed by atoms with van der Waals surface area (Å²) in [5, 5.41) is 5.99. The quantitative estimate of drug-likeness (QED) is 0.771. The summed E-state index contributed by atoms with van der Waals surface area (Å²) in [6, 6.07) is 5.89. The highest BCUT2D eigenvalue weighted by atomic mass is 16.2. The molecule has 0 saturated carbocycles. The zero-order chi connectivity index (χ0) is 15.9. The van der Waals surface area contributed by atoms with E-state index in [2.05, 4.69) is 25.6 Å². The molecule has 1 aliphatic rings. The van der Waals surface area contributed by atoms with Gasteiger partial charge in [-0.2, -0.15) is 4.99 Å². The maximum atomic E-state index is 11.6. The maximum Gasteiger partial charge on any atom is 0.253 e. The zero-order valence-electron chi connectivity index (χ0n) is 12.5. The lowest BCUT2D eigenvalue weighted by molar-refractivity contribution is -0.134. The summed E-state index contributed by atoms with van der Waals surface area (Å²) in [7, 11) is 0. The van der Waals surface area contributed by atoms with Gasteiger partial charge >= 0.3 is 0 Å². The fraction of sp³-hybridized carbons (Fsp3) is 0.267. The number of aromatic nitrogens is 2. The van der Waals surface area contributed by atoms with Gasteiger partial charge in [0, 0.05) is 5.39 Å². The number of rotatable bonds is 1. The number of hydrogen-bond acceptors (Lipinski definition) is 5. The average Bonchev–Trinajstić information content (AvgIpc) is 2.44. The molecule has 0 spiro atoms. The number of nitrogens with zero attached hydrogens (tertiary/aromatic N) is 3.